The van der Waals surface area contributed by atoms with Gasteiger partial charge in [-0.1, -0.05) is 0 Å². The van der Waals surface area contributed by atoms with Crippen LogP contribution in [0.2, 0.25) is 0 Å². The second kappa shape index (κ2) is 6.27. The molecule has 0 saturated heterocycles. The Morgan fingerprint density at radius 2 is 1.95 bits per heavy atom. The molecule has 0 spiro atoms. The van der Waals surface area contributed by atoms with Gasteiger partial charge >= 0.3 is 6.18 Å². The van der Waals surface area contributed by atoms with Crippen LogP contribution in [-0.4, -0.2) is 7.11 Å². The van der Waals surface area contributed by atoms with Crippen LogP contribution in [-0.2, 0) is 6.18 Å². The monoisotopic (exact) mass is 379 g/mol. The lowest BCUT2D eigenvalue weighted by Crippen LogP contribution is -2.13. The van der Waals surface area contributed by atoms with Crippen molar-refractivity contribution in [2.24, 2.45) is 0 Å². The molecule has 0 saturated carbocycles. The first kappa shape index (κ1) is 16.2. The minimum atomic E-state index is -4.44. The van der Waals surface area contributed by atoms with Crippen LogP contribution in [0.3, 0.4) is 0 Å². The van der Waals surface area contributed by atoms with E-state index in [1.807, 2.05) is 19.1 Å². The molecule has 1 aromatic carbocycles. The van der Waals surface area contributed by atoms with E-state index in [0.29, 0.717) is 0 Å². The lowest BCUT2D eigenvalue weighted by molar-refractivity contribution is -0.137. The highest BCUT2D eigenvalue weighted by Gasteiger charge is 2.34. The maximum atomic E-state index is 13.1. The quantitative estimate of drug-likeness (QED) is 0.734. The number of halogens is 4. The molecule has 1 N–H and O–H groups in total. The fourth-order valence-corrected chi connectivity index (χ4v) is 3.30. The summed E-state index contributed by atoms with van der Waals surface area (Å²) in [5.41, 5.74) is -0.690. The standard InChI is InChI=1S/C14H13BrF3NOS/c1-8(12-5-6-13(15)21-12)19-11-4-3-9(20-2)7-10(11)14(16,17)18/h3-8,19H,1-2H3. The van der Waals surface area contributed by atoms with E-state index in [1.54, 1.807) is 0 Å². The summed E-state index contributed by atoms with van der Waals surface area (Å²) in [4.78, 5) is 0.950. The Hall–Kier alpha value is -1.21. The van der Waals surface area contributed by atoms with Gasteiger partial charge in [0.05, 0.1) is 22.5 Å². The van der Waals surface area contributed by atoms with Crippen LogP contribution < -0.4 is 10.1 Å². The molecule has 1 aromatic heterocycles. The van der Waals surface area contributed by atoms with E-state index in [2.05, 4.69) is 21.2 Å². The molecule has 2 nitrogen and oxygen atoms in total. The van der Waals surface area contributed by atoms with Gasteiger partial charge in [0.2, 0.25) is 0 Å². The Labute approximate surface area is 133 Å². The van der Waals surface area contributed by atoms with Crippen LogP contribution in [0.1, 0.15) is 23.4 Å². The first-order valence-electron chi connectivity index (χ1n) is 6.08. The summed E-state index contributed by atoms with van der Waals surface area (Å²) in [7, 11) is 1.34. The van der Waals surface area contributed by atoms with Gasteiger partial charge in [0, 0.05) is 10.6 Å². The van der Waals surface area contributed by atoms with E-state index in [-0.39, 0.29) is 17.5 Å². The van der Waals surface area contributed by atoms with Crippen molar-refractivity contribution >= 4 is 33.0 Å². The van der Waals surface area contributed by atoms with Gasteiger partial charge in [0.15, 0.2) is 0 Å². The minimum absolute atomic E-state index is 0.0420. The predicted octanol–water partition coefficient (Wildman–Crippen LogP) is 5.71. The SMILES string of the molecule is COc1ccc(NC(C)c2ccc(Br)s2)c(C(F)(F)F)c1. The summed E-state index contributed by atoms with van der Waals surface area (Å²) in [6.45, 7) is 1.82. The van der Waals surface area contributed by atoms with Gasteiger partial charge < -0.3 is 10.1 Å². The van der Waals surface area contributed by atoms with Crippen molar-refractivity contribution in [1.82, 2.24) is 0 Å². The molecule has 114 valence electrons. The van der Waals surface area contributed by atoms with E-state index >= 15 is 0 Å². The maximum Gasteiger partial charge on any atom is 0.418 e. The van der Waals surface area contributed by atoms with Gasteiger partial charge in [0.1, 0.15) is 5.75 Å². The largest absolute Gasteiger partial charge is 0.497 e. The summed E-state index contributed by atoms with van der Waals surface area (Å²) in [5.74, 6) is 0.180. The van der Waals surface area contributed by atoms with Crippen molar-refractivity contribution in [3.8, 4) is 5.75 Å². The molecule has 0 amide bonds. The number of alkyl halides is 3. The van der Waals surface area contributed by atoms with Crippen molar-refractivity contribution in [1.29, 1.82) is 0 Å². The average molecular weight is 380 g/mol. The fourth-order valence-electron chi connectivity index (χ4n) is 1.88. The van der Waals surface area contributed by atoms with Gasteiger partial charge in [-0.15, -0.1) is 11.3 Å². The lowest BCUT2D eigenvalue weighted by atomic mass is 10.1. The normalized spacial score (nSPS) is 13.0. The number of methoxy groups -OCH3 is 1. The third-order valence-electron chi connectivity index (χ3n) is 2.92. The Morgan fingerprint density at radius 3 is 2.48 bits per heavy atom. The summed E-state index contributed by atoms with van der Waals surface area (Å²) in [6.07, 6.45) is -4.44. The predicted molar refractivity (Wildman–Crippen MR) is 82.1 cm³/mol. The number of anilines is 1. The van der Waals surface area contributed by atoms with E-state index < -0.39 is 11.7 Å². The van der Waals surface area contributed by atoms with Crippen molar-refractivity contribution in [3.05, 3.63) is 44.6 Å². The van der Waals surface area contributed by atoms with Crippen LogP contribution in [0.4, 0.5) is 18.9 Å². The smallest absolute Gasteiger partial charge is 0.418 e. The molecule has 2 aromatic rings. The lowest BCUT2D eigenvalue weighted by Gasteiger charge is -2.19. The molecular weight excluding hydrogens is 367 g/mol. The molecule has 21 heavy (non-hydrogen) atoms. The molecule has 0 fully saturated rings. The molecule has 0 bridgehead atoms. The minimum Gasteiger partial charge on any atom is -0.497 e. The molecule has 1 unspecified atom stereocenters. The molecule has 1 heterocycles. The average Bonchev–Trinajstić information content (AvgIpc) is 2.84. The molecule has 1 atom stereocenters. The number of benzene rings is 1. The number of hydrogen-bond donors (Lipinski definition) is 1. The zero-order valence-electron chi connectivity index (χ0n) is 11.3. The summed E-state index contributed by atoms with van der Waals surface area (Å²) in [5, 5.41) is 2.91. The van der Waals surface area contributed by atoms with Crippen LogP contribution >= 0.6 is 27.3 Å². The maximum absolute atomic E-state index is 13.1. The topological polar surface area (TPSA) is 21.3 Å². The van der Waals surface area contributed by atoms with Crippen LogP contribution in [0.25, 0.3) is 0 Å². The number of rotatable bonds is 4. The van der Waals surface area contributed by atoms with Crippen molar-refractivity contribution in [2.75, 3.05) is 12.4 Å². The first-order valence-corrected chi connectivity index (χ1v) is 7.69. The van der Waals surface area contributed by atoms with Crippen LogP contribution in [0, 0.1) is 0 Å². The first-order chi connectivity index (χ1) is 9.81. The Bertz CT molecular complexity index is 627. The highest BCUT2D eigenvalue weighted by Crippen LogP contribution is 2.39. The summed E-state index contributed by atoms with van der Waals surface area (Å²) in [6, 6.07) is 7.42. The van der Waals surface area contributed by atoms with E-state index in [9.17, 15) is 13.2 Å². The zero-order chi connectivity index (χ0) is 15.6. The number of thiophene rings is 1. The molecule has 0 aliphatic rings. The summed E-state index contributed by atoms with van der Waals surface area (Å²) >= 11 is 4.83. The molecule has 2 rings (SSSR count). The van der Waals surface area contributed by atoms with E-state index in [1.165, 1.54) is 30.6 Å². The van der Waals surface area contributed by atoms with E-state index in [4.69, 9.17) is 4.74 Å². The molecule has 0 radical (unpaired) electrons. The number of hydrogen-bond acceptors (Lipinski definition) is 3. The van der Waals surface area contributed by atoms with E-state index in [0.717, 1.165) is 14.7 Å². The second-order valence-electron chi connectivity index (χ2n) is 4.42. The molecular formula is C14H13BrF3NOS. The third-order valence-corrected chi connectivity index (χ3v) is 4.73. The molecule has 7 heteroatoms. The number of ether oxygens (including phenoxy) is 1. The van der Waals surface area contributed by atoms with Crippen molar-refractivity contribution in [3.63, 3.8) is 0 Å². The highest BCUT2D eigenvalue weighted by atomic mass is 79.9. The van der Waals surface area contributed by atoms with Gasteiger partial charge in [-0.3, -0.25) is 0 Å². The Balaban J connectivity index is 2.31. The van der Waals surface area contributed by atoms with Gasteiger partial charge in [-0.25, -0.2) is 0 Å². The van der Waals surface area contributed by atoms with Gasteiger partial charge in [-0.05, 0) is 53.2 Å². The van der Waals surface area contributed by atoms with Crippen molar-refractivity contribution < 1.29 is 17.9 Å². The summed E-state index contributed by atoms with van der Waals surface area (Å²) < 4.78 is 45.2. The number of nitrogens with one attached hydrogen (secondary N) is 1. The van der Waals surface area contributed by atoms with Crippen LogP contribution in [0.15, 0.2) is 34.1 Å². The highest BCUT2D eigenvalue weighted by molar-refractivity contribution is 9.11. The molecule has 0 aliphatic carbocycles. The zero-order valence-corrected chi connectivity index (χ0v) is 13.7. The van der Waals surface area contributed by atoms with Gasteiger partial charge in [-0.2, -0.15) is 13.2 Å². The molecule has 0 aliphatic heterocycles. The Kier molecular flexibility index (Phi) is 4.83. The van der Waals surface area contributed by atoms with Crippen LogP contribution in [0.5, 0.6) is 5.75 Å². The second-order valence-corrected chi connectivity index (χ2v) is 6.91. The van der Waals surface area contributed by atoms with Gasteiger partial charge in [0.25, 0.3) is 0 Å². The van der Waals surface area contributed by atoms with Crippen molar-refractivity contribution in [2.45, 2.75) is 19.1 Å². The fraction of sp³-hybridized carbons (Fsp3) is 0.286. The third kappa shape index (κ3) is 3.91. The Morgan fingerprint density at radius 1 is 1.24 bits per heavy atom.